The molecule has 0 rings (SSSR count). The van der Waals surface area contributed by atoms with Gasteiger partial charge in [0.2, 0.25) is 0 Å². The number of methoxy groups -OCH3 is 1. The van der Waals surface area contributed by atoms with Crippen molar-refractivity contribution in [3.05, 3.63) is 0 Å². The first-order valence-corrected chi connectivity index (χ1v) is 3.87. The summed E-state index contributed by atoms with van der Waals surface area (Å²) in [6, 6.07) is 0. The SMILES string of the molecule is COC(=O)CC[C@@H](C)CCl. The number of hydrogen-bond donors (Lipinski definition) is 0. The van der Waals surface area contributed by atoms with Crippen LogP contribution in [-0.4, -0.2) is 19.0 Å². The number of ether oxygens (including phenoxy) is 1. The molecule has 0 saturated heterocycles. The third kappa shape index (κ3) is 4.62. The molecule has 0 amide bonds. The first kappa shape index (κ1) is 9.76. The summed E-state index contributed by atoms with van der Waals surface area (Å²) in [5, 5.41) is 0. The van der Waals surface area contributed by atoms with E-state index in [2.05, 4.69) is 4.74 Å². The molecule has 0 heterocycles. The van der Waals surface area contributed by atoms with E-state index in [9.17, 15) is 4.79 Å². The van der Waals surface area contributed by atoms with Crippen LogP contribution in [0, 0.1) is 5.92 Å². The van der Waals surface area contributed by atoms with Gasteiger partial charge in [-0.05, 0) is 12.3 Å². The lowest BCUT2D eigenvalue weighted by atomic mass is 10.1. The van der Waals surface area contributed by atoms with E-state index in [0.29, 0.717) is 18.2 Å². The Morgan fingerprint density at radius 3 is 2.70 bits per heavy atom. The molecule has 0 bridgehead atoms. The van der Waals surface area contributed by atoms with E-state index in [1.807, 2.05) is 6.92 Å². The van der Waals surface area contributed by atoms with Crippen molar-refractivity contribution in [2.24, 2.45) is 5.92 Å². The number of carbonyl (C=O) groups excluding carboxylic acids is 1. The van der Waals surface area contributed by atoms with Gasteiger partial charge in [0.05, 0.1) is 7.11 Å². The summed E-state index contributed by atoms with van der Waals surface area (Å²) < 4.78 is 4.46. The van der Waals surface area contributed by atoms with Crippen LogP contribution in [-0.2, 0) is 9.53 Å². The third-order valence-corrected chi connectivity index (χ3v) is 1.86. The maximum atomic E-state index is 10.6. The van der Waals surface area contributed by atoms with Crippen LogP contribution in [0.3, 0.4) is 0 Å². The van der Waals surface area contributed by atoms with E-state index in [0.717, 1.165) is 6.42 Å². The topological polar surface area (TPSA) is 26.3 Å². The number of halogens is 1. The minimum atomic E-state index is -0.156. The van der Waals surface area contributed by atoms with E-state index in [1.54, 1.807) is 0 Å². The second-order valence-corrected chi connectivity index (χ2v) is 2.68. The molecular formula is C7H13ClO2. The lowest BCUT2D eigenvalue weighted by molar-refractivity contribution is -0.140. The Hall–Kier alpha value is -0.240. The van der Waals surface area contributed by atoms with E-state index in [4.69, 9.17) is 11.6 Å². The lowest BCUT2D eigenvalue weighted by Gasteiger charge is -2.04. The van der Waals surface area contributed by atoms with Crippen molar-refractivity contribution in [2.45, 2.75) is 19.8 Å². The van der Waals surface area contributed by atoms with Crippen LogP contribution in [0.15, 0.2) is 0 Å². The van der Waals surface area contributed by atoms with Gasteiger partial charge in [0.25, 0.3) is 0 Å². The van der Waals surface area contributed by atoms with Crippen LogP contribution in [0.1, 0.15) is 19.8 Å². The molecule has 0 saturated carbocycles. The number of esters is 1. The maximum Gasteiger partial charge on any atom is 0.305 e. The van der Waals surface area contributed by atoms with Crippen molar-refractivity contribution < 1.29 is 9.53 Å². The molecule has 60 valence electrons. The van der Waals surface area contributed by atoms with E-state index in [-0.39, 0.29) is 5.97 Å². The molecule has 0 aliphatic heterocycles. The molecular weight excluding hydrogens is 152 g/mol. The molecule has 3 heteroatoms. The zero-order chi connectivity index (χ0) is 7.98. The molecule has 0 fully saturated rings. The van der Waals surface area contributed by atoms with Crippen molar-refractivity contribution in [3.63, 3.8) is 0 Å². The number of carbonyl (C=O) groups is 1. The van der Waals surface area contributed by atoms with Crippen molar-refractivity contribution in [2.75, 3.05) is 13.0 Å². The second kappa shape index (κ2) is 5.54. The highest BCUT2D eigenvalue weighted by atomic mass is 35.5. The molecule has 0 aromatic rings. The van der Waals surface area contributed by atoms with Gasteiger partial charge in [0.15, 0.2) is 0 Å². The van der Waals surface area contributed by atoms with Gasteiger partial charge in [-0.1, -0.05) is 6.92 Å². The van der Waals surface area contributed by atoms with Gasteiger partial charge in [0, 0.05) is 12.3 Å². The molecule has 1 atom stereocenters. The summed E-state index contributed by atoms with van der Waals surface area (Å²) in [6.07, 6.45) is 1.29. The zero-order valence-electron chi connectivity index (χ0n) is 6.39. The molecule has 0 unspecified atom stereocenters. The number of alkyl halides is 1. The molecule has 0 spiro atoms. The normalized spacial score (nSPS) is 12.7. The average molecular weight is 165 g/mol. The fourth-order valence-corrected chi connectivity index (χ4v) is 0.698. The zero-order valence-corrected chi connectivity index (χ0v) is 7.15. The Balaban J connectivity index is 3.26. The summed E-state index contributed by atoms with van der Waals surface area (Å²) in [5.41, 5.74) is 0. The van der Waals surface area contributed by atoms with Crippen molar-refractivity contribution >= 4 is 17.6 Å². The highest BCUT2D eigenvalue weighted by Crippen LogP contribution is 2.07. The standard InChI is InChI=1S/C7H13ClO2/c1-6(5-8)3-4-7(9)10-2/h6H,3-5H2,1-2H3/t6-/m1/s1. The smallest absolute Gasteiger partial charge is 0.305 e. The minimum Gasteiger partial charge on any atom is -0.469 e. The maximum absolute atomic E-state index is 10.6. The fraction of sp³-hybridized carbons (Fsp3) is 0.857. The largest absolute Gasteiger partial charge is 0.469 e. The molecule has 0 aliphatic carbocycles. The molecule has 0 radical (unpaired) electrons. The Labute approximate surface area is 66.5 Å². The highest BCUT2D eigenvalue weighted by molar-refractivity contribution is 6.18. The van der Waals surface area contributed by atoms with Crippen LogP contribution in [0.2, 0.25) is 0 Å². The average Bonchev–Trinajstić information content (AvgIpc) is 1.99. The highest BCUT2D eigenvalue weighted by Gasteiger charge is 2.04. The molecule has 0 aliphatic rings. The minimum absolute atomic E-state index is 0.156. The summed E-state index contributed by atoms with van der Waals surface area (Å²) in [4.78, 5) is 10.6. The summed E-state index contributed by atoms with van der Waals surface area (Å²) in [7, 11) is 1.40. The molecule has 2 nitrogen and oxygen atoms in total. The van der Waals surface area contributed by atoms with Gasteiger partial charge in [-0.2, -0.15) is 0 Å². The van der Waals surface area contributed by atoms with Gasteiger partial charge < -0.3 is 4.74 Å². The predicted octanol–water partition coefficient (Wildman–Crippen LogP) is 1.81. The van der Waals surface area contributed by atoms with Crippen LogP contribution in [0.25, 0.3) is 0 Å². The van der Waals surface area contributed by atoms with Gasteiger partial charge in [-0.25, -0.2) is 0 Å². The van der Waals surface area contributed by atoms with Crippen molar-refractivity contribution in [1.29, 1.82) is 0 Å². The van der Waals surface area contributed by atoms with Crippen molar-refractivity contribution in [1.82, 2.24) is 0 Å². The van der Waals surface area contributed by atoms with Crippen LogP contribution < -0.4 is 0 Å². The van der Waals surface area contributed by atoms with E-state index < -0.39 is 0 Å². The predicted molar refractivity (Wildman–Crippen MR) is 41.1 cm³/mol. The van der Waals surface area contributed by atoms with Gasteiger partial charge >= 0.3 is 5.97 Å². The summed E-state index contributed by atoms with van der Waals surface area (Å²) >= 11 is 5.53. The number of rotatable bonds is 4. The van der Waals surface area contributed by atoms with Crippen LogP contribution in [0.4, 0.5) is 0 Å². The van der Waals surface area contributed by atoms with Gasteiger partial charge in [-0.15, -0.1) is 11.6 Å². The molecule has 0 aromatic carbocycles. The fourth-order valence-electron chi connectivity index (χ4n) is 0.543. The lowest BCUT2D eigenvalue weighted by Crippen LogP contribution is -2.04. The molecule has 0 N–H and O–H groups in total. The van der Waals surface area contributed by atoms with Gasteiger partial charge in [-0.3, -0.25) is 4.79 Å². The van der Waals surface area contributed by atoms with Crippen molar-refractivity contribution in [3.8, 4) is 0 Å². The second-order valence-electron chi connectivity index (χ2n) is 2.37. The third-order valence-electron chi connectivity index (χ3n) is 1.33. The monoisotopic (exact) mass is 164 g/mol. The molecule has 0 aromatic heterocycles. The van der Waals surface area contributed by atoms with Gasteiger partial charge in [0.1, 0.15) is 0 Å². The number of hydrogen-bond acceptors (Lipinski definition) is 2. The van der Waals surface area contributed by atoms with Crippen LogP contribution >= 0.6 is 11.6 Å². The quantitative estimate of drug-likeness (QED) is 0.468. The first-order valence-electron chi connectivity index (χ1n) is 3.33. The van der Waals surface area contributed by atoms with Crippen LogP contribution in [0.5, 0.6) is 0 Å². The first-order chi connectivity index (χ1) is 4.70. The Morgan fingerprint density at radius 2 is 2.30 bits per heavy atom. The Bertz CT molecular complexity index is 104. The molecule has 10 heavy (non-hydrogen) atoms. The summed E-state index contributed by atoms with van der Waals surface area (Å²) in [5.74, 6) is 0.856. The Kier molecular flexibility index (Phi) is 5.40. The van der Waals surface area contributed by atoms with E-state index in [1.165, 1.54) is 7.11 Å². The van der Waals surface area contributed by atoms with E-state index >= 15 is 0 Å². The Morgan fingerprint density at radius 1 is 1.70 bits per heavy atom. The summed E-state index contributed by atoms with van der Waals surface area (Å²) in [6.45, 7) is 2.01.